The average molecular weight is 381 g/mol. The molecule has 0 amide bonds. The highest BCUT2D eigenvalue weighted by Gasteiger charge is 2.01. The molecule has 0 saturated carbocycles. The van der Waals surface area contributed by atoms with Crippen molar-refractivity contribution < 1.29 is 4.74 Å². The molecule has 0 aliphatic heterocycles. The molecule has 3 nitrogen and oxygen atoms in total. The number of rotatable bonds is 6. The third kappa shape index (κ3) is 4.70. The standard InChI is InChI=1S/C20H17BrN2O/c21-18-12-10-16(11-13-18)15-24-20-9-5-4-6-17(20)14-22-23-19-7-2-1-3-8-19/h1-14,23H,15H2. The number of ether oxygens (including phenoxy) is 1. The first-order valence-electron chi connectivity index (χ1n) is 7.62. The van der Waals surface area contributed by atoms with Gasteiger partial charge in [0, 0.05) is 10.0 Å². The summed E-state index contributed by atoms with van der Waals surface area (Å²) < 4.78 is 6.99. The summed E-state index contributed by atoms with van der Waals surface area (Å²) in [6.45, 7) is 0.518. The highest BCUT2D eigenvalue weighted by atomic mass is 79.9. The Morgan fingerprint density at radius 2 is 1.58 bits per heavy atom. The van der Waals surface area contributed by atoms with E-state index in [1.165, 1.54) is 0 Å². The van der Waals surface area contributed by atoms with Crippen LogP contribution in [0.3, 0.4) is 0 Å². The summed E-state index contributed by atoms with van der Waals surface area (Å²) in [4.78, 5) is 0. The molecule has 0 heterocycles. The maximum absolute atomic E-state index is 5.93. The van der Waals surface area contributed by atoms with Gasteiger partial charge in [-0.3, -0.25) is 5.43 Å². The van der Waals surface area contributed by atoms with E-state index in [1.54, 1.807) is 6.21 Å². The number of benzene rings is 3. The lowest BCUT2D eigenvalue weighted by molar-refractivity contribution is 0.306. The quantitative estimate of drug-likeness (QED) is 0.454. The van der Waals surface area contributed by atoms with Crippen LogP contribution in [0.4, 0.5) is 5.69 Å². The summed E-state index contributed by atoms with van der Waals surface area (Å²) in [6, 6.07) is 25.8. The Morgan fingerprint density at radius 1 is 0.875 bits per heavy atom. The number of nitrogens with one attached hydrogen (secondary N) is 1. The molecule has 24 heavy (non-hydrogen) atoms. The second-order valence-electron chi connectivity index (χ2n) is 5.19. The molecule has 0 fully saturated rings. The number of hydrogen-bond acceptors (Lipinski definition) is 3. The monoisotopic (exact) mass is 380 g/mol. The molecule has 0 bridgehead atoms. The van der Waals surface area contributed by atoms with Gasteiger partial charge in [0.2, 0.25) is 0 Å². The Labute approximate surface area is 150 Å². The molecule has 0 saturated heterocycles. The minimum Gasteiger partial charge on any atom is -0.488 e. The van der Waals surface area contributed by atoms with E-state index in [0.29, 0.717) is 6.61 Å². The van der Waals surface area contributed by atoms with Crippen molar-refractivity contribution >= 4 is 27.8 Å². The Kier molecular flexibility index (Phi) is 5.64. The lowest BCUT2D eigenvalue weighted by atomic mass is 10.2. The van der Waals surface area contributed by atoms with Gasteiger partial charge in [0.1, 0.15) is 12.4 Å². The predicted molar refractivity (Wildman–Crippen MR) is 103 cm³/mol. The van der Waals surface area contributed by atoms with Crippen LogP contribution in [0, 0.1) is 0 Å². The minimum atomic E-state index is 0.518. The van der Waals surface area contributed by atoms with Crippen molar-refractivity contribution in [3.05, 3.63) is 94.5 Å². The van der Waals surface area contributed by atoms with Crippen molar-refractivity contribution in [3.8, 4) is 5.75 Å². The number of halogens is 1. The molecule has 0 unspecified atom stereocenters. The predicted octanol–water partition coefficient (Wildman–Crippen LogP) is 5.47. The summed E-state index contributed by atoms with van der Waals surface area (Å²) in [5.74, 6) is 0.805. The van der Waals surface area contributed by atoms with Crippen LogP contribution in [0.2, 0.25) is 0 Å². The lowest BCUT2D eigenvalue weighted by Crippen LogP contribution is -1.99. The number of hydrazone groups is 1. The topological polar surface area (TPSA) is 33.6 Å². The first-order valence-corrected chi connectivity index (χ1v) is 8.41. The van der Waals surface area contributed by atoms with Gasteiger partial charge in [-0.1, -0.05) is 58.4 Å². The molecule has 120 valence electrons. The molecule has 3 aromatic carbocycles. The van der Waals surface area contributed by atoms with Gasteiger partial charge in [-0.05, 0) is 42.0 Å². The van der Waals surface area contributed by atoms with E-state index >= 15 is 0 Å². The fourth-order valence-corrected chi connectivity index (χ4v) is 2.41. The van der Waals surface area contributed by atoms with Gasteiger partial charge < -0.3 is 4.74 Å². The third-order valence-corrected chi connectivity index (χ3v) is 3.93. The van der Waals surface area contributed by atoms with Crippen molar-refractivity contribution in [2.75, 3.05) is 5.43 Å². The zero-order valence-corrected chi connectivity index (χ0v) is 14.6. The summed E-state index contributed by atoms with van der Waals surface area (Å²) in [5.41, 5.74) is 6.00. The van der Waals surface area contributed by atoms with E-state index in [1.807, 2.05) is 78.9 Å². The molecule has 0 radical (unpaired) electrons. The largest absolute Gasteiger partial charge is 0.488 e. The molecule has 4 heteroatoms. The number of para-hydroxylation sites is 2. The van der Waals surface area contributed by atoms with Crippen LogP contribution >= 0.6 is 15.9 Å². The van der Waals surface area contributed by atoms with Crippen LogP contribution in [-0.2, 0) is 6.61 Å². The third-order valence-electron chi connectivity index (χ3n) is 3.40. The van der Waals surface area contributed by atoms with Gasteiger partial charge in [0.05, 0.1) is 11.9 Å². The van der Waals surface area contributed by atoms with E-state index in [2.05, 4.69) is 26.5 Å². The zero-order chi connectivity index (χ0) is 16.6. The van der Waals surface area contributed by atoms with E-state index in [-0.39, 0.29) is 0 Å². The van der Waals surface area contributed by atoms with E-state index in [9.17, 15) is 0 Å². The zero-order valence-electron chi connectivity index (χ0n) is 13.0. The van der Waals surface area contributed by atoms with Gasteiger partial charge in [-0.2, -0.15) is 5.10 Å². The minimum absolute atomic E-state index is 0.518. The smallest absolute Gasteiger partial charge is 0.128 e. The van der Waals surface area contributed by atoms with Crippen LogP contribution in [0.5, 0.6) is 5.75 Å². The maximum Gasteiger partial charge on any atom is 0.128 e. The summed E-state index contributed by atoms with van der Waals surface area (Å²) >= 11 is 3.44. The summed E-state index contributed by atoms with van der Waals surface area (Å²) in [7, 11) is 0. The molecular formula is C20H17BrN2O. The van der Waals surface area contributed by atoms with Crippen LogP contribution in [0.1, 0.15) is 11.1 Å². The van der Waals surface area contributed by atoms with Gasteiger partial charge >= 0.3 is 0 Å². The molecule has 0 aliphatic rings. The maximum atomic E-state index is 5.93. The first kappa shape index (κ1) is 16.3. The van der Waals surface area contributed by atoms with Gasteiger partial charge in [-0.15, -0.1) is 0 Å². The number of hydrogen-bond donors (Lipinski definition) is 1. The molecule has 0 aromatic heterocycles. The fraction of sp³-hybridized carbons (Fsp3) is 0.0500. The van der Waals surface area contributed by atoms with E-state index in [0.717, 1.165) is 27.0 Å². The summed E-state index contributed by atoms with van der Waals surface area (Å²) in [5, 5.41) is 4.28. The van der Waals surface area contributed by atoms with Crippen LogP contribution in [-0.4, -0.2) is 6.21 Å². The molecular weight excluding hydrogens is 364 g/mol. The molecule has 3 aromatic rings. The highest BCUT2D eigenvalue weighted by Crippen LogP contribution is 2.18. The Morgan fingerprint density at radius 3 is 2.38 bits per heavy atom. The second kappa shape index (κ2) is 8.31. The molecule has 0 aliphatic carbocycles. The van der Waals surface area contributed by atoms with Gasteiger partial charge in [0.15, 0.2) is 0 Å². The van der Waals surface area contributed by atoms with Crippen molar-refractivity contribution in [2.24, 2.45) is 5.10 Å². The van der Waals surface area contributed by atoms with E-state index < -0.39 is 0 Å². The average Bonchev–Trinajstić information content (AvgIpc) is 2.63. The summed E-state index contributed by atoms with van der Waals surface area (Å²) in [6.07, 6.45) is 1.77. The Balaban J connectivity index is 1.65. The van der Waals surface area contributed by atoms with Crippen molar-refractivity contribution in [1.82, 2.24) is 0 Å². The van der Waals surface area contributed by atoms with Crippen LogP contribution in [0.15, 0.2) is 88.4 Å². The Bertz CT molecular complexity index is 801. The molecule has 1 N–H and O–H groups in total. The highest BCUT2D eigenvalue weighted by molar-refractivity contribution is 9.10. The van der Waals surface area contributed by atoms with Gasteiger partial charge in [0.25, 0.3) is 0 Å². The van der Waals surface area contributed by atoms with Crippen molar-refractivity contribution in [2.45, 2.75) is 6.61 Å². The normalized spacial score (nSPS) is 10.7. The van der Waals surface area contributed by atoms with Crippen molar-refractivity contribution in [1.29, 1.82) is 0 Å². The van der Waals surface area contributed by atoms with E-state index in [4.69, 9.17) is 4.74 Å². The molecule has 3 rings (SSSR count). The SMILES string of the molecule is Brc1ccc(COc2ccccc2C=NNc2ccccc2)cc1. The fourth-order valence-electron chi connectivity index (χ4n) is 2.15. The number of nitrogens with zero attached hydrogens (tertiary/aromatic N) is 1. The lowest BCUT2D eigenvalue weighted by Gasteiger charge is -2.09. The van der Waals surface area contributed by atoms with Crippen molar-refractivity contribution in [3.63, 3.8) is 0 Å². The van der Waals surface area contributed by atoms with Crippen LogP contribution in [0.25, 0.3) is 0 Å². The number of anilines is 1. The van der Waals surface area contributed by atoms with Crippen LogP contribution < -0.4 is 10.2 Å². The molecule has 0 spiro atoms. The molecule has 0 atom stereocenters. The first-order chi connectivity index (χ1) is 11.8. The second-order valence-corrected chi connectivity index (χ2v) is 6.10. The Hall–Kier alpha value is -2.59. The van der Waals surface area contributed by atoms with Gasteiger partial charge in [-0.25, -0.2) is 0 Å².